The van der Waals surface area contributed by atoms with Crippen molar-refractivity contribution in [1.29, 1.82) is 0 Å². The summed E-state index contributed by atoms with van der Waals surface area (Å²) in [5, 5.41) is 3.22. The van der Waals surface area contributed by atoms with Crippen LogP contribution in [0.3, 0.4) is 0 Å². The SMILES string of the molecule is COc1nccc(NC(C)(C)C)n1. The van der Waals surface area contributed by atoms with E-state index in [4.69, 9.17) is 4.74 Å². The fourth-order valence-corrected chi connectivity index (χ4v) is 0.893. The molecule has 0 atom stereocenters. The molecule has 0 aliphatic heterocycles. The molecule has 0 bridgehead atoms. The molecule has 1 aromatic heterocycles. The Balaban J connectivity index is 2.78. The Morgan fingerprint density at radius 1 is 1.38 bits per heavy atom. The Labute approximate surface area is 78.4 Å². The second-order valence-electron chi connectivity index (χ2n) is 3.80. The normalized spacial score (nSPS) is 11.1. The van der Waals surface area contributed by atoms with Gasteiger partial charge in [0.1, 0.15) is 5.82 Å². The van der Waals surface area contributed by atoms with Crippen molar-refractivity contribution in [2.24, 2.45) is 0 Å². The van der Waals surface area contributed by atoms with Gasteiger partial charge in [-0.25, -0.2) is 4.98 Å². The molecule has 0 radical (unpaired) electrons. The summed E-state index contributed by atoms with van der Waals surface area (Å²) in [6.07, 6.45) is 1.67. The quantitative estimate of drug-likeness (QED) is 0.754. The monoisotopic (exact) mass is 181 g/mol. The largest absolute Gasteiger partial charge is 0.467 e. The molecule has 4 nitrogen and oxygen atoms in total. The van der Waals surface area contributed by atoms with Crippen molar-refractivity contribution in [2.45, 2.75) is 26.3 Å². The van der Waals surface area contributed by atoms with Crippen LogP contribution < -0.4 is 10.1 Å². The van der Waals surface area contributed by atoms with E-state index in [0.29, 0.717) is 6.01 Å². The summed E-state index contributed by atoms with van der Waals surface area (Å²) in [5.41, 5.74) is -0.000630. The summed E-state index contributed by atoms with van der Waals surface area (Å²) >= 11 is 0. The van der Waals surface area contributed by atoms with Gasteiger partial charge in [-0.3, -0.25) is 0 Å². The maximum atomic E-state index is 4.91. The molecule has 72 valence electrons. The van der Waals surface area contributed by atoms with Crippen molar-refractivity contribution in [3.8, 4) is 6.01 Å². The van der Waals surface area contributed by atoms with Gasteiger partial charge in [0.15, 0.2) is 0 Å². The van der Waals surface area contributed by atoms with Gasteiger partial charge in [0.05, 0.1) is 7.11 Å². The number of anilines is 1. The molecular weight excluding hydrogens is 166 g/mol. The number of nitrogens with zero attached hydrogens (tertiary/aromatic N) is 2. The van der Waals surface area contributed by atoms with Gasteiger partial charge < -0.3 is 10.1 Å². The van der Waals surface area contributed by atoms with Gasteiger partial charge >= 0.3 is 6.01 Å². The van der Waals surface area contributed by atoms with Crippen molar-refractivity contribution in [3.63, 3.8) is 0 Å². The summed E-state index contributed by atoms with van der Waals surface area (Å²) in [7, 11) is 1.55. The fraction of sp³-hybridized carbons (Fsp3) is 0.556. The van der Waals surface area contributed by atoms with E-state index in [1.807, 2.05) is 6.07 Å². The lowest BCUT2D eigenvalue weighted by Crippen LogP contribution is -2.26. The van der Waals surface area contributed by atoms with E-state index in [0.717, 1.165) is 5.82 Å². The molecule has 1 aromatic rings. The Bertz CT molecular complexity index is 280. The van der Waals surface area contributed by atoms with Crippen LogP contribution in [-0.2, 0) is 0 Å². The summed E-state index contributed by atoms with van der Waals surface area (Å²) in [5.74, 6) is 0.777. The number of rotatable bonds is 2. The average Bonchev–Trinajstić information content (AvgIpc) is 2.01. The first-order valence-corrected chi connectivity index (χ1v) is 4.16. The molecule has 0 saturated carbocycles. The standard InChI is InChI=1S/C9H15N3O/c1-9(2,3)12-7-5-6-10-8(11-7)13-4/h5-6H,1-4H3,(H,10,11,12). The number of aromatic nitrogens is 2. The molecule has 0 aliphatic rings. The van der Waals surface area contributed by atoms with Crippen molar-refractivity contribution < 1.29 is 4.74 Å². The molecule has 0 aliphatic carbocycles. The van der Waals surface area contributed by atoms with Gasteiger partial charge in [-0.1, -0.05) is 0 Å². The van der Waals surface area contributed by atoms with E-state index in [9.17, 15) is 0 Å². The number of hydrogen-bond acceptors (Lipinski definition) is 4. The van der Waals surface area contributed by atoms with Crippen LogP contribution in [-0.4, -0.2) is 22.6 Å². The number of ether oxygens (including phenoxy) is 1. The lowest BCUT2D eigenvalue weighted by atomic mass is 10.1. The summed E-state index contributed by atoms with van der Waals surface area (Å²) in [6, 6.07) is 2.20. The van der Waals surface area contributed by atoms with Crippen molar-refractivity contribution in [3.05, 3.63) is 12.3 Å². The Morgan fingerprint density at radius 2 is 2.08 bits per heavy atom. The molecule has 1 N–H and O–H groups in total. The molecular formula is C9H15N3O. The highest BCUT2D eigenvalue weighted by Gasteiger charge is 2.10. The predicted molar refractivity (Wildman–Crippen MR) is 52.0 cm³/mol. The maximum Gasteiger partial charge on any atom is 0.318 e. The van der Waals surface area contributed by atoms with E-state index in [2.05, 4.69) is 36.1 Å². The maximum absolute atomic E-state index is 4.91. The van der Waals surface area contributed by atoms with Crippen molar-refractivity contribution in [1.82, 2.24) is 9.97 Å². The van der Waals surface area contributed by atoms with Crippen LogP contribution in [0.5, 0.6) is 6.01 Å². The number of hydrogen-bond donors (Lipinski definition) is 1. The second-order valence-corrected chi connectivity index (χ2v) is 3.80. The highest BCUT2D eigenvalue weighted by atomic mass is 16.5. The minimum absolute atomic E-state index is 0.000630. The van der Waals surface area contributed by atoms with Gasteiger partial charge in [0, 0.05) is 11.7 Å². The molecule has 1 heterocycles. The van der Waals surface area contributed by atoms with Gasteiger partial charge in [-0.05, 0) is 26.8 Å². The number of methoxy groups -OCH3 is 1. The van der Waals surface area contributed by atoms with Crippen LogP contribution >= 0.6 is 0 Å². The Kier molecular flexibility index (Phi) is 2.70. The smallest absolute Gasteiger partial charge is 0.318 e. The zero-order valence-corrected chi connectivity index (χ0v) is 8.46. The third kappa shape index (κ3) is 3.27. The van der Waals surface area contributed by atoms with E-state index >= 15 is 0 Å². The predicted octanol–water partition coefficient (Wildman–Crippen LogP) is 1.70. The second kappa shape index (κ2) is 3.60. The molecule has 1 rings (SSSR count). The summed E-state index contributed by atoms with van der Waals surface area (Å²) in [6.45, 7) is 6.21. The first-order chi connectivity index (χ1) is 6.01. The summed E-state index contributed by atoms with van der Waals surface area (Å²) in [4.78, 5) is 8.05. The third-order valence-electron chi connectivity index (χ3n) is 1.32. The van der Waals surface area contributed by atoms with Gasteiger partial charge in [0.2, 0.25) is 0 Å². The zero-order chi connectivity index (χ0) is 9.90. The Morgan fingerprint density at radius 3 is 2.62 bits per heavy atom. The van der Waals surface area contributed by atoms with E-state index in [1.165, 1.54) is 0 Å². The highest BCUT2D eigenvalue weighted by Crippen LogP contribution is 2.12. The molecule has 0 aromatic carbocycles. The minimum atomic E-state index is -0.000630. The van der Waals surface area contributed by atoms with Crippen LogP contribution in [0.4, 0.5) is 5.82 Å². The van der Waals surface area contributed by atoms with Gasteiger partial charge in [0.25, 0.3) is 0 Å². The molecule has 0 spiro atoms. The van der Waals surface area contributed by atoms with Gasteiger partial charge in [-0.15, -0.1) is 0 Å². The molecule has 0 saturated heterocycles. The third-order valence-corrected chi connectivity index (χ3v) is 1.32. The summed E-state index contributed by atoms with van der Waals surface area (Å²) < 4.78 is 4.91. The molecule has 0 fully saturated rings. The first kappa shape index (κ1) is 9.77. The molecule has 0 unspecified atom stereocenters. The molecule has 13 heavy (non-hydrogen) atoms. The van der Waals surface area contributed by atoms with Crippen molar-refractivity contribution in [2.75, 3.05) is 12.4 Å². The highest BCUT2D eigenvalue weighted by molar-refractivity contribution is 5.36. The lowest BCUT2D eigenvalue weighted by molar-refractivity contribution is 0.380. The van der Waals surface area contributed by atoms with Crippen LogP contribution in [0.2, 0.25) is 0 Å². The van der Waals surface area contributed by atoms with Crippen LogP contribution in [0.1, 0.15) is 20.8 Å². The van der Waals surface area contributed by atoms with Crippen LogP contribution in [0.25, 0.3) is 0 Å². The van der Waals surface area contributed by atoms with E-state index in [1.54, 1.807) is 13.3 Å². The Hall–Kier alpha value is -1.32. The topological polar surface area (TPSA) is 47.0 Å². The average molecular weight is 181 g/mol. The molecule has 4 heteroatoms. The van der Waals surface area contributed by atoms with Gasteiger partial charge in [-0.2, -0.15) is 4.98 Å². The number of nitrogens with one attached hydrogen (secondary N) is 1. The van der Waals surface area contributed by atoms with E-state index < -0.39 is 0 Å². The minimum Gasteiger partial charge on any atom is -0.467 e. The fourth-order valence-electron chi connectivity index (χ4n) is 0.893. The molecule has 0 amide bonds. The lowest BCUT2D eigenvalue weighted by Gasteiger charge is -2.20. The van der Waals surface area contributed by atoms with Crippen LogP contribution in [0, 0.1) is 0 Å². The van der Waals surface area contributed by atoms with Crippen LogP contribution in [0.15, 0.2) is 12.3 Å². The zero-order valence-electron chi connectivity index (χ0n) is 8.46. The van der Waals surface area contributed by atoms with E-state index in [-0.39, 0.29) is 5.54 Å². The first-order valence-electron chi connectivity index (χ1n) is 4.16. The van der Waals surface area contributed by atoms with Crippen molar-refractivity contribution >= 4 is 5.82 Å².